The van der Waals surface area contributed by atoms with Gasteiger partial charge in [-0.05, 0) is 23.8 Å². The number of benzene rings is 2. The predicted molar refractivity (Wildman–Crippen MR) is 76.3 cm³/mol. The molecule has 2 N–H and O–H groups in total. The molecule has 0 aliphatic heterocycles. The van der Waals surface area contributed by atoms with Gasteiger partial charge in [-0.2, -0.15) is 5.26 Å². The largest absolute Gasteiger partial charge is 0.497 e. The smallest absolute Gasteiger partial charge is 0.140 e. The van der Waals surface area contributed by atoms with Gasteiger partial charge in [-0.3, -0.25) is 0 Å². The van der Waals surface area contributed by atoms with Crippen molar-refractivity contribution in [3.63, 3.8) is 0 Å². The number of methoxy groups -OCH3 is 1. The van der Waals surface area contributed by atoms with E-state index in [4.69, 9.17) is 20.5 Å². The maximum absolute atomic E-state index is 13.3. The van der Waals surface area contributed by atoms with Crippen molar-refractivity contribution in [2.45, 2.75) is 13.2 Å². The van der Waals surface area contributed by atoms with E-state index in [1.165, 1.54) is 12.1 Å². The monoisotopic (exact) mass is 286 g/mol. The summed E-state index contributed by atoms with van der Waals surface area (Å²) in [6.45, 7) is 0.557. The normalized spacial score (nSPS) is 10.0. The van der Waals surface area contributed by atoms with Crippen LogP contribution in [-0.2, 0) is 13.2 Å². The Hall–Kier alpha value is -2.58. The Morgan fingerprint density at radius 1 is 1.24 bits per heavy atom. The maximum atomic E-state index is 13.3. The summed E-state index contributed by atoms with van der Waals surface area (Å²) in [6.07, 6.45) is 0. The molecule has 0 radical (unpaired) electrons. The lowest BCUT2D eigenvalue weighted by Gasteiger charge is -2.12. The highest BCUT2D eigenvalue weighted by Gasteiger charge is 2.07. The summed E-state index contributed by atoms with van der Waals surface area (Å²) in [5.74, 6) is 0.740. The van der Waals surface area contributed by atoms with Crippen molar-refractivity contribution < 1.29 is 13.9 Å². The molecule has 0 aliphatic rings. The van der Waals surface area contributed by atoms with E-state index in [1.54, 1.807) is 31.4 Å². The molecular formula is C16H15FN2O2. The third-order valence-corrected chi connectivity index (χ3v) is 3.04. The van der Waals surface area contributed by atoms with Crippen LogP contribution in [0, 0.1) is 17.1 Å². The standard InChI is InChI=1S/C16H15FN2O2/c1-20-14-4-3-12(8-18)16(7-14)21-10-11-2-5-15(17)13(6-11)9-19/h2-7H,8,10,18H2,1H3. The van der Waals surface area contributed by atoms with Gasteiger partial charge in [0, 0.05) is 18.2 Å². The minimum absolute atomic E-state index is 0.000732. The van der Waals surface area contributed by atoms with Crippen LogP contribution in [0.25, 0.3) is 0 Å². The highest BCUT2D eigenvalue weighted by molar-refractivity contribution is 5.41. The van der Waals surface area contributed by atoms with Crippen molar-refractivity contribution in [3.05, 3.63) is 58.9 Å². The molecule has 108 valence electrons. The first-order valence-corrected chi connectivity index (χ1v) is 6.36. The predicted octanol–water partition coefficient (Wildman–Crippen LogP) is 2.74. The van der Waals surface area contributed by atoms with Crippen LogP contribution in [0.5, 0.6) is 11.5 Å². The van der Waals surface area contributed by atoms with Crippen molar-refractivity contribution in [3.8, 4) is 17.6 Å². The second kappa shape index (κ2) is 6.73. The van der Waals surface area contributed by atoms with Crippen molar-refractivity contribution in [1.29, 1.82) is 5.26 Å². The van der Waals surface area contributed by atoms with Gasteiger partial charge >= 0.3 is 0 Å². The van der Waals surface area contributed by atoms with Crippen molar-refractivity contribution in [2.75, 3.05) is 7.11 Å². The molecule has 2 aromatic rings. The summed E-state index contributed by atoms with van der Waals surface area (Å²) in [5.41, 5.74) is 7.22. The molecule has 21 heavy (non-hydrogen) atoms. The number of halogens is 1. The molecule has 0 saturated carbocycles. The van der Waals surface area contributed by atoms with Crippen molar-refractivity contribution in [2.24, 2.45) is 5.73 Å². The lowest BCUT2D eigenvalue weighted by Crippen LogP contribution is -2.03. The van der Waals surface area contributed by atoms with Gasteiger partial charge in [0.05, 0.1) is 12.7 Å². The first-order valence-electron chi connectivity index (χ1n) is 6.36. The van der Waals surface area contributed by atoms with Crippen LogP contribution in [0.2, 0.25) is 0 Å². The Labute approximate surface area is 122 Å². The van der Waals surface area contributed by atoms with E-state index in [0.29, 0.717) is 23.6 Å². The molecule has 2 rings (SSSR count). The van der Waals surface area contributed by atoms with Crippen molar-refractivity contribution in [1.82, 2.24) is 0 Å². The molecule has 0 fully saturated rings. The Morgan fingerprint density at radius 3 is 2.71 bits per heavy atom. The highest BCUT2D eigenvalue weighted by Crippen LogP contribution is 2.25. The van der Waals surface area contributed by atoms with Crippen molar-refractivity contribution >= 4 is 0 Å². The fraction of sp³-hybridized carbons (Fsp3) is 0.188. The van der Waals surface area contributed by atoms with Crippen LogP contribution in [0.15, 0.2) is 36.4 Å². The van der Waals surface area contributed by atoms with E-state index in [0.717, 1.165) is 5.56 Å². The molecule has 0 amide bonds. The number of nitriles is 1. The lowest BCUT2D eigenvalue weighted by molar-refractivity contribution is 0.300. The van der Waals surface area contributed by atoms with E-state index in [9.17, 15) is 4.39 Å². The molecule has 0 unspecified atom stereocenters. The van der Waals surface area contributed by atoms with Gasteiger partial charge in [0.25, 0.3) is 0 Å². The molecule has 0 bridgehead atoms. The summed E-state index contributed by atoms with van der Waals surface area (Å²) in [5, 5.41) is 8.81. The van der Waals surface area contributed by atoms with E-state index in [2.05, 4.69) is 0 Å². The summed E-state index contributed by atoms with van der Waals surface area (Å²) in [6, 6.07) is 11.5. The Balaban J connectivity index is 2.18. The molecule has 2 aromatic carbocycles. The molecule has 0 heterocycles. The minimum Gasteiger partial charge on any atom is -0.497 e. The van der Waals surface area contributed by atoms with Gasteiger partial charge in [0.2, 0.25) is 0 Å². The molecular weight excluding hydrogens is 271 g/mol. The molecule has 0 spiro atoms. The summed E-state index contributed by atoms with van der Waals surface area (Å²) in [4.78, 5) is 0. The Bertz CT molecular complexity index is 680. The van der Waals surface area contributed by atoms with E-state index in [1.807, 2.05) is 6.07 Å². The average Bonchev–Trinajstić information content (AvgIpc) is 2.53. The molecule has 0 aromatic heterocycles. The lowest BCUT2D eigenvalue weighted by atomic mass is 10.1. The van der Waals surface area contributed by atoms with Crippen LogP contribution >= 0.6 is 0 Å². The summed E-state index contributed by atoms with van der Waals surface area (Å²) >= 11 is 0. The van der Waals surface area contributed by atoms with Crippen LogP contribution in [0.3, 0.4) is 0 Å². The van der Waals surface area contributed by atoms with E-state index < -0.39 is 5.82 Å². The van der Waals surface area contributed by atoms with Gasteiger partial charge in [-0.15, -0.1) is 0 Å². The topological polar surface area (TPSA) is 68.3 Å². The average molecular weight is 286 g/mol. The number of hydrogen-bond acceptors (Lipinski definition) is 4. The van der Waals surface area contributed by atoms with Crippen LogP contribution < -0.4 is 15.2 Å². The van der Waals surface area contributed by atoms with Crippen LogP contribution in [0.4, 0.5) is 4.39 Å². The van der Waals surface area contributed by atoms with Gasteiger partial charge in [0.15, 0.2) is 0 Å². The quantitative estimate of drug-likeness (QED) is 0.917. The van der Waals surface area contributed by atoms with Gasteiger partial charge in [0.1, 0.15) is 30.0 Å². The Morgan fingerprint density at radius 2 is 2.05 bits per heavy atom. The molecule has 0 atom stereocenters. The first-order chi connectivity index (χ1) is 10.2. The molecule has 0 saturated heterocycles. The Kier molecular flexibility index (Phi) is 4.75. The van der Waals surface area contributed by atoms with Gasteiger partial charge in [-0.1, -0.05) is 12.1 Å². The van der Waals surface area contributed by atoms with E-state index in [-0.39, 0.29) is 12.2 Å². The first kappa shape index (κ1) is 14.8. The third kappa shape index (κ3) is 3.50. The fourth-order valence-corrected chi connectivity index (χ4v) is 1.87. The number of nitrogens with zero attached hydrogens (tertiary/aromatic N) is 1. The zero-order valence-electron chi connectivity index (χ0n) is 11.6. The second-order valence-electron chi connectivity index (χ2n) is 4.39. The zero-order chi connectivity index (χ0) is 15.2. The molecule has 5 heteroatoms. The van der Waals surface area contributed by atoms with Crippen LogP contribution in [-0.4, -0.2) is 7.11 Å². The number of nitrogens with two attached hydrogens (primary N) is 1. The number of rotatable bonds is 5. The molecule has 4 nitrogen and oxygen atoms in total. The highest BCUT2D eigenvalue weighted by atomic mass is 19.1. The SMILES string of the molecule is COc1ccc(CN)c(OCc2ccc(F)c(C#N)c2)c1. The molecule has 0 aliphatic carbocycles. The number of hydrogen-bond donors (Lipinski definition) is 1. The van der Waals surface area contributed by atoms with Gasteiger partial charge in [-0.25, -0.2) is 4.39 Å². The minimum atomic E-state index is -0.537. The summed E-state index contributed by atoms with van der Waals surface area (Å²) < 4.78 is 24.1. The maximum Gasteiger partial charge on any atom is 0.140 e. The van der Waals surface area contributed by atoms with Gasteiger partial charge < -0.3 is 15.2 Å². The zero-order valence-corrected chi connectivity index (χ0v) is 11.6. The fourth-order valence-electron chi connectivity index (χ4n) is 1.87. The number of ether oxygens (including phenoxy) is 2. The third-order valence-electron chi connectivity index (χ3n) is 3.04. The summed E-state index contributed by atoms with van der Waals surface area (Å²) in [7, 11) is 1.57. The van der Waals surface area contributed by atoms with Crippen LogP contribution in [0.1, 0.15) is 16.7 Å². The second-order valence-corrected chi connectivity index (χ2v) is 4.39. The van der Waals surface area contributed by atoms with E-state index >= 15 is 0 Å².